The van der Waals surface area contributed by atoms with Crippen LogP contribution in [0.15, 0.2) is 12.7 Å². The third kappa shape index (κ3) is 10.2. The highest BCUT2D eigenvalue weighted by molar-refractivity contribution is 6.54. The van der Waals surface area contributed by atoms with E-state index in [0.29, 0.717) is 0 Å². The molecule has 0 saturated carbocycles. The van der Waals surface area contributed by atoms with Gasteiger partial charge < -0.3 is 4.12 Å². The zero-order valence-corrected chi connectivity index (χ0v) is 13.1. The average molecular weight is 230 g/mol. The van der Waals surface area contributed by atoms with Gasteiger partial charge in [0.25, 0.3) is 0 Å². The van der Waals surface area contributed by atoms with Crippen molar-refractivity contribution in [3.8, 4) is 0 Å². The molecule has 0 aliphatic heterocycles. The van der Waals surface area contributed by atoms with Crippen molar-refractivity contribution in [2.24, 2.45) is 0 Å². The molecule has 0 spiro atoms. The summed E-state index contributed by atoms with van der Waals surface area (Å²) in [6.45, 7) is 6.05. The summed E-state index contributed by atoms with van der Waals surface area (Å²) < 4.78 is 5.48. The van der Waals surface area contributed by atoms with Gasteiger partial charge in [0.15, 0.2) is 9.04 Å². The maximum Gasteiger partial charge on any atom is 0.159 e. The van der Waals surface area contributed by atoms with E-state index >= 15 is 0 Å². The molecule has 1 unspecified atom stereocenters. The molecule has 0 N–H and O–H groups in total. The van der Waals surface area contributed by atoms with Gasteiger partial charge in [0.1, 0.15) is 10.5 Å². The summed E-state index contributed by atoms with van der Waals surface area (Å²) >= 11 is 0. The van der Waals surface area contributed by atoms with E-state index in [1.165, 1.54) is 51.0 Å². The van der Waals surface area contributed by atoms with Gasteiger partial charge in [-0.2, -0.15) is 0 Å². The first-order valence-electron chi connectivity index (χ1n) is 5.95. The normalized spacial score (nSPS) is 12.9. The van der Waals surface area contributed by atoms with Crippen LogP contribution in [0.3, 0.4) is 0 Å². The van der Waals surface area contributed by atoms with E-state index in [1.807, 2.05) is 6.08 Å². The molecule has 0 rings (SSSR count). The van der Waals surface area contributed by atoms with Crippen molar-refractivity contribution in [2.45, 2.75) is 57.5 Å². The number of hydrogen-bond donors (Lipinski definition) is 0. The Morgan fingerprint density at radius 2 is 1.71 bits per heavy atom. The molecule has 0 heterocycles. The number of allylic oxidation sites excluding steroid dienone is 1. The number of unbranched alkanes of at least 4 members (excludes halogenated alkanes) is 6. The topological polar surface area (TPSA) is 9.23 Å². The van der Waals surface area contributed by atoms with Crippen LogP contribution in [0, 0.1) is 0 Å². The van der Waals surface area contributed by atoms with Crippen LogP contribution in [-0.2, 0) is 4.12 Å². The summed E-state index contributed by atoms with van der Waals surface area (Å²) in [6, 6.07) is 1.39. The Hall–Kier alpha value is 0.134. The fourth-order valence-electron chi connectivity index (χ4n) is 1.55. The standard InChI is InChI=1S/C11H26OSi2/c1-3-4-5-6-7-8-9-10-11-14(2)12-13/h3,14H,1,4-11H2,2,13H3. The second kappa shape index (κ2) is 11.2. The number of hydrogen-bond acceptors (Lipinski definition) is 1. The maximum absolute atomic E-state index is 5.48. The second-order valence-corrected chi connectivity index (χ2v) is 8.12. The zero-order chi connectivity index (χ0) is 10.6. The van der Waals surface area contributed by atoms with E-state index in [4.69, 9.17) is 4.12 Å². The van der Waals surface area contributed by atoms with Gasteiger partial charge in [-0.15, -0.1) is 6.58 Å². The Balaban J connectivity index is 2.95. The van der Waals surface area contributed by atoms with Gasteiger partial charge in [-0.3, -0.25) is 0 Å². The van der Waals surface area contributed by atoms with Crippen LogP contribution in [0.1, 0.15) is 44.9 Å². The quantitative estimate of drug-likeness (QED) is 0.318. The van der Waals surface area contributed by atoms with E-state index in [9.17, 15) is 0 Å². The molecule has 0 aliphatic rings. The summed E-state index contributed by atoms with van der Waals surface area (Å²) in [5, 5.41) is 0. The molecule has 0 aromatic heterocycles. The summed E-state index contributed by atoms with van der Waals surface area (Å²) in [4.78, 5) is 0. The Labute approximate surface area is 94.2 Å². The highest BCUT2D eigenvalue weighted by Crippen LogP contribution is 2.10. The molecule has 0 radical (unpaired) electrons. The van der Waals surface area contributed by atoms with E-state index < -0.39 is 9.04 Å². The third-order valence-corrected chi connectivity index (χ3v) is 7.11. The van der Waals surface area contributed by atoms with Crippen molar-refractivity contribution in [1.82, 2.24) is 0 Å². The largest absolute Gasteiger partial charge is 0.466 e. The number of rotatable bonds is 10. The summed E-state index contributed by atoms with van der Waals surface area (Å²) in [5.74, 6) is 0. The molecule has 0 aromatic rings. The smallest absolute Gasteiger partial charge is 0.159 e. The van der Waals surface area contributed by atoms with Crippen molar-refractivity contribution in [1.29, 1.82) is 0 Å². The molecule has 1 nitrogen and oxygen atoms in total. The fourth-order valence-corrected chi connectivity index (χ4v) is 3.35. The molecule has 0 saturated heterocycles. The van der Waals surface area contributed by atoms with Gasteiger partial charge in [0.05, 0.1) is 0 Å². The predicted molar refractivity (Wildman–Crippen MR) is 71.4 cm³/mol. The second-order valence-electron chi connectivity index (χ2n) is 4.03. The van der Waals surface area contributed by atoms with Gasteiger partial charge in [0, 0.05) is 0 Å². The third-order valence-electron chi connectivity index (χ3n) is 2.67. The lowest BCUT2D eigenvalue weighted by atomic mass is 10.1. The van der Waals surface area contributed by atoms with Crippen molar-refractivity contribution in [2.75, 3.05) is 0 Å². The van der Waals surface area contributed by atoms with Gasteiger partial charge >= 0.3 is 0 Å². The molecule has 0 bridgehead atoms. The summed E-state index contributed by atoms with van der Waals surface area (Å²) in [5.41, 5.74) is 0. The molecule has 3 heteroatoms. The predicted octanol–water partition coefficient (Wildman–Crippen LogP) is 2.55. The minimum Gasteiger partial charge on any atom is -0.466 e. The lowest BCUT2D eigenvalue weighted by Crippen LogP contribution is -2.09. The van der Waals surface area contributed by atoms with Gasteiger partial charge in [0.2, 0.25) is 0 Å². The highest BCUT2D eigenvalue weighted by Gasteiger charge is 2.00. The van der Waals surface area contributed by atoms with Crippen molar-refractivity contribution in [3.05, 3.63) is 12.7 Å². The molecule has 0 aromatic carbocycles. The minimum atomic E-state index is -0.703. The average Bonchev–Trinajstić information content (AvgIpc) is 2.21. The SMILES string of the molecule is C=CCCCCCCCC[SiH](C)O[SiH3]. The van der Waals surface area contributed by atoms with Crippen LogP contribution in [0.4, 0.5) is 0 Å². The first-order valence-corrected chi connectivity index (χ1v) is 9.21. The van der Waals surface area contributed by atoms with Crippen molar-refractivity contribution in [3.63, 3.8) is 0 Å². The monoisotopic (exact) mass is 230 g/mol. The van der Waals surface area contributed by atoms with Crippen LogP contribution in [-0.4, -0.2) is 19.5 Å². The fraction of sp³-hybridized carbons (Fsp3) is 0.818. The Kier molecular flexibility index (Phi) is 11.3. The summed E-state index contributed by atoms with van der Waals surface area (Å²) in [7, 11) is 0.243. The Bertz CT molecular complexity index is 128. The van der Waals surface area contributed by atoms with E-state index in [-0.39, 0.29) is 0 Å². The van der Waals surface area contributed by atoms with Crippen LogP contribution < -0.4 is 0 Å². The molecule has 0 amide bonds. The van der Waals surface area contributed by atoms with Crippen LogP contribution in [0.5, 0.6) is 0 Å². The lowest BCUT2D eigenvalue weighted by Gasteiger charge is -2.07. The first kappa shape index (κ1) is 14.1. The van der Waals surface area contributed by atoms with E-state index in [1.54, 1.807) is 0 Å². The molecule has 1 atom stereocenters. The molecular weight excluding hydrogens is 204 g/mol. The Morgan fingerprint density at radius 3 is 2.29 bits per heavy atom. The lowest BCUT2D eigenvalue weighted by molar-refractivity contribution is 0.591. The molecule has 14 heavy (non-hydrogen) atoms. The Morgan fingerprint density at radius 1 is 1.14 bits per heavy atom. The van der Waals surface area contributed by atoms with Crippen LogP contribution in [0.25, 0.3) is 0 Å². The van der Waals surface area contributed by atoms with Crippen LogP contribution in [0.2, 0.25) is 12.6 Å². The summed E-state index contributed by atoms with van der Waals surface area (Å²) in [6.07, 6.45) is 11.6. The van der Waals surface area contributed by atoms with E-state index in [0.717, 1.165) is 10.5 Å². The molecule has 84 valence electrons. The zero-order valence-electron chi connectivity index (χ0n) is 9.93. The van der Waals surface area contributed by atoms with Crippen molar-refractivity contribution < 1.29 is 4.12 Å². The minimum absolute atomic E-state index is 0.703. The van der Waals surface area contributed by atoms with Gasteiger partial charge in [-0.1, -0.05) is 38.2 Å². The highest BCUT2D eigenvalue weighted by atomic mass is 28.3. The van der Waals surface area contributed by atoms with Gasteiger partial charge in [-0.05, 0) is 25.4 Å². The van der Waals surface area contributed by atoms with E-state index in [2.05, 4.69) is 13.1 Å². The maximum atomic E-state index is 5.48. The van der Waals surface area contributed by atoms with Crippen molar-refractivity contribution >= 4 is 19.5 Å². The van der Waals surface area contributed by atoms with Gasteiger partial charge in [-0.25, -0.2) is 0 Å². The van der Waals surface area contributed by atoms with Crippen LogP contribution >= 0.6 is 0 Å². The molecule has 0 fully saturated rings. The molecule has 0 aliphatic carbocycles. The molecular formula is C11H26OSi2. The first-order chi connectivity index (χ1) is 6.81.